The van der Waals surface area contributed by atoms with Crippen LogP contribution in [0.4, 0.5) is 5.13 Å². The zero-order valence-electron chi connectivity index (χ0n) is 15.3. The number of methoxy groups -OCH3 is 1. The molecule has 0 aliphatic heterocycles. The van der Waals surface area contributed by atoms with E-state index >= 15 is 0 Å². The van der Waals surface area contributed by atoms with Crippen molar-refractivity contribution in [2.45, 2.75) is 11.3 Å². The van der Waals surface area contributed by atoms with Gasteiger partial charge >= 0.3 is 0 Å². The van der Waals surface area contributed by atoms with E-state index in [4.69, 9.17) is 4.74 Å². The maximum atomic E-state index is 12.4. The summed E-state index contributed by atoms with van der Waals surface area (Å²) in [5.41, 5.74) is 0.546. The van der Waals surface area contributed by atoms with Gasteiger partial charge in [-0.3, -0.25) is 9.52 Å². The van der Waals surface area contributed by atoms with Gasteiger partial charge in [-0.1, -0.05) is 33.3 Å². The number of hydrogen-bond acceptors (Lipinski definition) is 7. The van der Waals surface area contributed by atoms with Gasteiger partial charge in [0.2, 0.25) is 5.13 Å². The summed E-state index contributed by atoms with van der Waals surface area (Å²) in [7, 11) is -2.27. The molecule has 0 saturated carbocycles. The SMILES string of the molecule is COc1ccc(S(=O)(=O)Nc2nnc(CCNC(=O)c3cccc(Br)c3)s2)cc1. The lowest BCUT2D eigenvalue weighted by molar-refractivity contribution is 0.0954. The summed E-state index contributed by atoms with van der Waals surface area (Å²) in [5.74, 6) is 0.364. The van der Waals surface area contributed by atoms with Crippen LogP contribution in [0.5, 0.6) is 5.75 Å². The molecule has 29 heavy (non-hydrogen) atoms. The molecule has 1 amide bonds. The Balaban J connectivity index is 1.55. The van der Waals surface area contributed by atoms with E-state index in [-0.39, 0.29) is 15.9 Å². The van der Waals surface area contributed by atoms with E-state index in [0.717, 1.165) is 15.8 Å². The molecule has 0 unspecified atom stereocenters. The molecular weight excluding hydrogens is 480 g/mol. The van der Waals surface area contributed by atoms with Gasteiger partial charge in [0.15, 0.2) is 0 Å². The standard InChI is InChI=1S/C18H17BrN4O4S2/c1-27-14-5-7-15(8-6-14)29(25,26)23-18-22-21-16(28-18)9-10-20-17(24)12-3-2-4-13(19)11-12/h2-8,11H,9-10H2,1H3,(H,20,24)(H,22,23). The van der Waals surface area contributed by atoms with Crippen molar-refractivity contribution in [3.8, 4) is 5.75 Å². The van der Waals surface area contributed by atoms with Crippen molar-refractivity contribution in [2.24, 2.45) is 0 Å². The van der Waals surface area contributed by atoms with Crippen LogP contribution in [0.25, 0.3) is 0 Å². The minimum atomic E-state index is -3.77. The lowest BCUT2D eigenvalue weighted by Gasteiger charge is -2.05. The van der Waals surface area contributed by atoms with Gasteiger partial charge in [-0.15, -0.1) is 10.2 Å². The van der Waals surface area contributed by atoms with Gasteiger partial charge in [0, 0.05) is 23.0 Å². The molecule has 0 saturated heterocycles. The summed E-state index contributed by atoms with van der Waals surface area (Å²) >= 11 is 4.44. The fraction of sp³-hybridized carbons (Fsp3) is 0.167. The molecule has 8 nitrogen and oxygen atoms in total. The maximum absolute atomic E-state index is 12.4. The van der Waals surface area contributed by atoms with Crippen molar-refractivity contribution < 1.29 is 17.9 Å². The van der Waals surface area contributed by atoms with Crippen molar-refractivity contribution >= 4 is 48.3 Å². The summed E-state index contributed by atoms with van der Waals surface area (Å²) in [4.78, 5) is 12.2. The Labute approximate surface area is 180 Å². The van der Waals surface area contributed by atoms with Gasteiger partial charge in [-0.05, 0) is 42.5 Å². The fourth-order valence-electron chi connectivity index (χ4n) is 2.34. The molecule has 0 radical (unpaired) electrons. The van der Waals surface area contributed by atoms with E-state index in [1.807, 2.05) is 6.07 Å². The van der Waals surface area contributed by atoms with E-state index in [0.29, 0.717) is 29.3 Å². The van der Waals surface area contributed by atoms with Gasteiger partial charge in [-0.2, -0.15) is 0 Å². The Morgan fingerprint density at radius 2 is 1.93 bits per heavy atom. The van der Waals surface area contributed by atoms with Crippen LogP contribution in [-0.4, -0.2) is 38.2 Å². The molecule has 3 aromatic rings. The third kappa shape index (κ3) is 5.75. The van der Waals surface area contributed by atoms with Crippen molar-refractivity contribution in [2.75, 3.05) is 18.4 Å². The number of sulfonamides is 1. The van der Waals surface area contributed by atoms with Gasteiger partial charge in [0.05, 0.1) is 12.0 Å². The van der Waals surface area contributed by atoms with Gasteiger partial charge in [-0.25, -0.2) is 8.42 Å². The van der Waals surface area contributed by atoms with E-state index < -0.39 is 10.0 Å². The van der Waals surface area contributed by atoms with Crippen molar-refractivity contribution in [3.05, 3.63) is 63.6 Å². The summed E-state index contributed by atoms with van der Waals surface area (Å²) < 4.78 is 33.1. The van der Waals surface area contributed by atoms with E-state index in [9.17, 15) is 13.2 Å². The predicted octanol–water partition coefficient (Wildman–Crippen LogP) is 3.08. The second-order valence-corrected chi connectivity index (χ2v) is 9.46. The molecule has 0 aliphatic rings. The number of ether oxygens (including phenoxy) is 1. The van der Waals surface area contributed by atoms with E-state index in [1.54, 1.807) is 30.3 Å². The highest BCUT2D eigenvalue weighted by atomic mass is 79.9. The highest BCUT2D eigenvalue weighted by molar-refractivity contribution is 9.10. The normalized spacial score (nSPS) is 11.1. The smallest absolute Gasteiger partial charge is 0.263 e. The summed E-state index contributed by atoms with van der Waals surface area (Å²) in [6.45, 7) is 0.352. The lowest BCUT2D eigenvalue weighted by atomic mass is 10.2. The molecule has 1 aromatic heterocycles. The average molecular weight is 497 g/mol. The number of nitrogens with one attached hydrogen (secondary N) is 2. The Morgan fingerprint density at radius 1 is 1.17 bits per heavy atom. The number of hydrogen-bond donors (Lipinski definition) is 2. The monoisotopic (exact) mass is 496 g/mol. The Hall–Kier alpha value is -2.50. The van der Waals surface area contributed by atoms with E-state index in [2.05, 4.69) is 36.2 Å². The second-order valence-electron chi connectivity index (χ2n) is 5.80. The van der Waals surface area contributed by atoms with Crippen LogP contribution in [0.15, 0.2) is 57.9 Å². The fourth-order valence-corrected chi connectivity index (χ4v) is 4.71. The topological polar surface area (TPSA) is 110 Å². The number of anilines is 1. The first-order chi connectivity index (χ1) is 13.9. The molecule has 152 valence electrons. The first-order valence-corrected chi connectivity index (χ1v) is 11.5. The summed E-state index contributed by atoms with van der Waals surface area (Å²) in [5, 5.41) is 11.4. The molecule has 0 aliphatic carbocycles. The molecule has 2 N–H and O–H groups in total. The third-order valence-corrected chi connectivity index (χ3v) is 6.65. The number of benzene rings is 2. The van der Waals surface area contributed by atoms with E-state index in [1.165, 1.54) is 19.2 Å². The number of rotatable bonds is 8. The molecule has 1 heterocycles. The number of nitrogens with zero attached hydrogens (tertiary/aromatic N) is 2. The maximum Gasteiger partial charge on any atom is 0.263 e. The number of aromatic nitrogens is 2. The molecule has 0 fully saturated rings. The second kappa shape index (κ2) is 9.33. The van der Waals surface area contributed by atoms with Crippen LogP contribution >= 0.6 is 27.3 Å². The molecule has 0 atom stereocenters. The first kappa shape index (κ1) is 21.2. The number of amides is 1. The average Bonchev–Trinajstić information content (AvgIpc) is 3.14. The highest BCUT2D eigenvalue weighted by Gasteiger charge is 2.17. The van der Waals surface area contributed by atoms with Crippen LogP contribution in [0.3, 0.4) is 0 Å². The summed E-state index contributed by atoms with van der Waals surface area (Å²) in [6.07, 6.45) is 0.432. The molecule has 11 heteroatoms. The van der Waals surface area contributed by atoms with Crippen LogP contribution < -0.4 is 14.8 Å². The van der Waals surface area contributed by atoms with Crippen molar-refractivity contribution in [1.29, 1.82) is 0 Å². The Bertz CT molecular complexity index is 1100. The largest absolute Gasteiger partial charge is 0.497 e. The van der Waals surface area contributed by atoms with Crippen LogP contribution in [0, 0.1) is 0 Å². The van der Waals surface area contributed by atoms with Gasteiger partial charge < -0.3 is 10.1 Å². The summed E-state index contributed by atoms with van der Waals surface area (Å²) in [6, 6.07) is 13.1. The molecule has 0 spiro atoms. The number of halogens is 1. The Morgan fingerprint density at radius 3 is 2.62 bits per heavy atom. The zero-order chi connectivity index (χ0) is 20.9. The highest BCUT2D eigenvalue weighted by Crippen LogP contribution is 2.21. The molecule has 3 rings (SSSR count). The molecule has 2 aromatic carbocycles. The Kier molecular flexibility index (Phi) is 6.83. The van der Waals surface area contributed by atoms with Crippen molar-refractivity contribution in [1.82, 2.24) is 15.5 Å². The zero-order valence-corrected chi connectivity index (χ0v) is 18.5. The minimum absolute atomic E-state index is 0.0938. The first-order valence-electron chi connectivity index (χ1n) is 8.40. The van der Waals surface area contributed by atoms with Crippen LogP contribution in [0.1, 0.15) is 15.4 Å². The van der Waals surface area contributed by atoms with Gasteiger partial charge in [0.1, 0.15) is 10.8 Å². The number of carbonyl (C=O) groups excluding carboxylic acids is 1. The number of carbonyl (C=O) groups is 1. The predicted molar refractivity (Wildman–Crippen MR) is 114 cm³/mol. The quantitative estimate of drug-likeness (QED) is 0.495. The minimum Gasteiger partial charge on any atom is -0.497 e. The third-order valence-electron chi connectivity index (χ3n) is 3.77. The van der Waals surface area contributed by atoms with Crippen molar-refractivity contribution in [3.63, 3.8) is 0 Å². The molecular formula is C18H17BrN4O4S2. The van der Waals surface area contributed by atoms with Crippen LogP contribution in [0.2, 0.25) is 0 Å². The molecule has 0 bridgehead atoms. The van der Waals surface area contributed by atoms with Crippen LogP contribution in [-0.2, 0) is 16.4 Å². The van der Waals surface area contributed by atoms with Gasteiger partial charge in [0.25, 0.3) is 15.9 Å². The lowest BCUT2D eigenvalue weighted by Crippen LogP contribution is -2.25.